The lowest BCUT2D eigenvalue weighted by atomic mass is 10.2. The van der Waals surface area contributed by atoms with Crippen LogP contribution < -0.4 is 17.7 Å². The molecule has 2 rings (SSSR count). The van der Waals surface area contributed by atoms with E-state index < -0.39 is 0 Å². The van der Waals surface area contributed by atoms with Gasteiger partial charge < -0.3 is 17.7 Å². The Morgan fingerprint density at radius 1 is 1.06 bits per heavy atom. The molecule has 0 amide bonds. The third-order valence-electron chi connectivity index (χ3n) is 2.25. The SMILES string of the molecule is C(=C\c1ccccc1)/CNCc1cccs1.[Cl-]. The number of rotatable bonds is 5. The second kappa shape index (κ2) is 8.07. The van der Waals surface area contributed by atoms with Gasteiger partial charge in [-0.25, -0.2) is 0 Å². The largest absolute Gasteiger partial charge is 1.00 e. The molecule has 0 saturated carbocycles. The maximum atomic E-state index is 3.38. The minimum absolute atomic E-state index is 0. The predicted octanol–water partition coefficient (Wildman–Crippen LogP) is 0.555. The summed E-state index contributed by atoms with van der Waals surface area (Å²) in [4.78, 5) is 1.38. The van der Waals surface area contributed by atoms with E-state index in [2.05, 4.69) is 59.2 Å². The Kier molecular flexibility index (Phi) is 6.63. The van der Waals surface area contributed by atoms with Gasteiger partial charge in [-0.2, -0.15) is 0 Å². The second-order valence-electron chi connectivity index (χ2n) is 3.52. The van der Waals surface area contributed by atoms with Crippen LogP contribution in [0.2, 0.25) is 0 Å². The van der Waals surface area contributed by atoms with Crippen LogP contribution in [-0.2, 0) is 6.54 Å². The summed E-state index contributed by atoms with van der Waals surface area (Å²) in [6.07, 6.45) is 4.30. The fraction of sp³-hybridized carbons (Fsp3) is 0.143. The first-order chi connectivity index (χ1) is 7.95. The maximum Gasteiger partial charge on any atom is 0.0302 e. The molecule has 2 aromatic rings. The third kappa shape index (κ3) is 5.18. The topological polar surface area (TPSA) is 12.0 Å². The quantitative estimate of drug-likeness (QED) is 0.778. The molecule has 1 heterocycles. The van der Waals surface area contributed by atoms with Gasteiger partial charge in [0, 0.05) is 18.0 Å². The van der Waals surface area contributed by atoms with E-state index in [-0.39, 0.29) is 12.4 Å². The highest BCUT2D eigenvalue weighted by Crippen LogP contribution is 2.07. The molecule has 1 aromatic carbocycles. The number of halogens is 1. The summed E-state index contributed by atoms with van der Waals surface area (Å²) in [7, 11) is 0. The molecule has 0 atom stereocenters. The van der Waals surface area contributed by atoms with Gasteiger partial charge in [0.2, 0.25) is 0 Å². The van der Waals surface area contributed by atoms with Gasteiger partial charge in [0.1, 0.15) is 0 Å². The fourth-order valence-electron chi connectivity index (χ4n) is 1.45. The summed E-state index contributed by atoms with van der Waals surface area (Å²) < 4.78 is 0. The molecule has 0 bridgehead atoms. The first-order valence-electron chi connectivity index (χ1n) is 5.40. The van der Waals surface area contributed by atoms with Gasteiger partial charge >= 0.3 is 0 Å². The number of hydrogen-bond donors (Lipinski definition) is 1. The summed E-state index contributed by atoms with van der Waals surface area (Å²) in [5.41, 5.74) is 1.25. The smallest absolute Gasteiger partial charge is 0.0302 e. The molecular formula is C14H15ClNS-. The lowest BCUT2D eigenvalue weighted by Gasteiger charge is -1.97. The van der Waals surface area contributed by atoms with Crippen molar-refractivity contribution in [3.63, 3.8) is 0 Å². The van der Waals surface area contributed by atoms with E-state index in [1.165, 1.54) is 10.4 Å². The molecule has 0 saturated heterocycles. The van der Waals surface area contributed by atoms with Crippen LogP contribution in [0, 0.1) is 0 Å². The highest BCUT2D eigenvalue weighted by molar-refractivity contribution is 7.09. The molecule has 1 nitrogen and oxygen atoms in total. The van der Waals surface area contributed by atoms with Crippen molar-refractivity contribution < 1.29 is 12.4 Å². The molecule has 1 N–H and O–H groups in total. The molecule has 0 spiro atoms. The predicted molar refractivity (Wildman–Crippen MR) is 71.5 cm³/mol. The van der Waals surface area contributed by atoms with E-state index in [1.54, 1.807) is 11.3 Å². The zero-order valence-electron chi connectivity index (χ0n) is 9.47. The molecule has 0 aliphatic rings. The van der Waals surface area contributed by atoms with Crippen molar-refractivity contribution in [1.82, 2.24) is 5.32 Å². The Balaban J connectivity index is 0.00000144. The molecule has 0 aliphatic heterocycles. The highest BCUT2D eigenvalue weighted by Gasteiger charge is 1.90. The summed E-state index contributed by atoms with van der Waals surface area (Å²) in [6.45, 7) is 1.86. The van der Waals surface area contributed by atoms with Crippen LogP contribution in [0.15, 0.2) is 53.9 Å². The summed E-state index contributed by atoms with van der Waals surface area (Å²) in [5, 5.41) is 5.49. The average molecular weight is 265 g/mol. The van der Waals surface area contributed by atoms with E-state index >= 15 is 0 Å². The lowest BCUT2D eigenvalue weighted by molar-refractivity contribution is -0.00000310. The van der Waals surface area contributed by atoms with Gasteiger partial charge in [-0.3, -0.25) is 0 Å². The monoisotopic (exact) mass is 264 g/mol. The van der Waals surface area contributed by atoms with Crippen molar-refractivity contribution in [1.29, 1.82) is 0 Å². The van der Waals surface area contributed by atoms with Crippen molar-refractivity contribution in [3.05, 3.63) is 64.4 Å². The van der Waals surface area contributed by atoms with E-state index in [4.69, 9.17) is 0 Å². The van der Waals surface area contributed by atoms with Crippen molar-refractivity contribution in [3.8, 4) is 0 Å². The van der Waals surface area contributed by atoms with Crippen LogP contribution in [-0.4, -0.2) is 6.54 Å². The van der Waals surface area contributed by atoms with Crippen molar-refractivity contribution in [2.45, 2.75) is 6.54 Å². The van der Waals surface area contributed by atoms with Gasteiger partial charge in [0.05, 0.1) is 0 Å². The minimum atomic E-state index is 0. The van der Waals surface area contributed by atoms with Gasteiger partial charge in [0.25, 0.3) is 0 Å². The molecule has 3 heteroatoms. The molecular weight excluding hydrogens is 250 g/mol. The summed E-state index contributed by atoms with van der Waals surface area (Å²) >= 11 is 1.79. The Labute approximate surface area is 113 Å². The molecule has 0 aliphatic carbocycles. The number of thiophene rings is 1. The minimum Gasteiger partial charge on any atom is -1.00 e. The van der Waals surface area contributed by atoms with Crippen LogP contribution >= 0.6 is 11.3 Å². The van der Waals surface area contributed by atoms with Crippen LogP contribution in [0.1, 0.15) is 10.4 Å². The lowest BCUT2D eigenvalue weighted by Crippen LogP contribution is -3.00. The summed E-state index contributed by atoms with van der Waals surface area (Å²) in [5.74, 6) is 0. The molecule has 1 aromatic heterocycles. The van der Waals surface area contributed by atoms with E-state index in [1.807, 2.05) is 6.07 Å². The number of nitrogens with one attached hydrogen (secondary N) is 1. The molecule has 90 valence electrons. The number of hydrogen-bond acceptors (Lipinski definition) is 2. The Morgan fingerprint density at radius 3 is 2.59 bits per heavy atom. The zero-order valence-corrected chi connectivity index (χ0v) is 11.0. The van der Waals surface area contributed by atoms with E-state index in [0.29, 0.717) is 0 Å². The number of benzene rings is 1. The zero-order chi connectivity index (χ0) is 11.1. The molecule has 0 radical (unpaired) electrons. The van der Waals surface area contributed by atoms with Crippen LogP contribution in [0.25, 0.3) is 6.08 Å². The summed E-state index contributed by atoms with van der Waals surface area (Å²) in [6, 6.07) is 14.6. The third-order valence-corrected chi connectivity index (χ3v) is 3.13. The fourth-order valence-corrected chi connectivity index (χ4v) is 2.13. The molecule has 17 heavy (non-hydrogen) atoms. The van der Waals surface area contributed by atoms with Gasteiger partial charge in [-0.1, -0.05) is 48.6 Å². The average Bonchev–Trinajstić information content (AvgIpc) is 2.83. The normalized spacial score (nSPS) is 10.4. The standard InChI is InChI=1S/C14H15NS.ClH/c1-2-6-13(7-3-1)8-4-10-15-12-14-9-5-11-16-14;/h1-9,11,15H,10,12H2;1H/p-1/b8-4+;. The van der Waals surface area contributed by atoms with Crippen molar-refractivity contribution in [2.24, 2.45) is 0 Å². The van der Waals surface area contributed by atoms with E-state index in [0.717, 1.165) is 13.1 Å². The van der Waals surface area contributed by atoms with Crippen LogP contribution in [0.5, 0.6) is 0 Å². The Hall–Kier alpha value is -1.09. The van der Waals surface area contributed by atoms with Gasteiger partial charge in [-0.05, 0) is 17.0 Å². The first-order valence-corrected chi connectivity index (χ1v) is 6.28. The van der Waals surface area contributed by atoms with E-state index in [9.17, 15) is 0 Å². The second-order valence-corrected chi connectivity index (χ2v) is 4.56. The van der Waals surface area contributed by atoms with Gasteiger partial charge in [0.15, 0.2) is 0 Å². The Morgan fingerprint density at radius 2 is 1.88 bits per heavy atom. The highest BCUT2D eigenvalue weighted by atomic mass is 35.5. The van der Waals surface area contributed by atoms with Crippen LogP contribution in [0.3, 0.4) is 0 Å². The van der Waals surface area contributed by atoms with Crippen LogP contribution in [0.4, 0.5) is 0 Å². The first kappa shape index (κ1) is 14.0. The maximum absolute atomic E-state index is 3.38. The van der Waals surface area contributed by atoms with Crippen molar-refractivity contribution >= 4 is 17.4 Å². The molecule has 0 fully saturated rings. The van der Waals surface area contributed by atoms with Crippen molar-refractivity contribution in [2.75, 3.05) is 6.54 Å². The van der Waals surface area contributed by atoms with Gasteiger partial charge in [-0.15, -0.1) is 11.3 Å². The Bertz CT molecular complexity index is 423. The molecule has 0 unspecified atom stereocenters.